The molecule has 0 amide bonds. The van der Waals surface area contributed by atoms with Crippen LogP contribution in [0, 0.1) is 5.31 Å². The summed E-state index contributed by atoms with van der Waals surface area (Å²) >= 11 is 0. The monoisotopic (exact) mass is 329 g/mol. The third kappa shape index (κ3) is 3.92. The number of nitrogens with one attached hydrogen (secondary N) is 1. The van der Waals surface area contributed by atoms with Crippen LogP contribution in [-0.4, -0.2) is 71.6 Å². The second-order valence-corrected chi connectivity index (χ2v) is 5.65. The van der Waals surface area contributed by atoms with Crippen LogP contribution in [0.25, 0.3) is 0 Å². The van der Waals surface area contributed by atoms with E-state index < -0.39 is 42.9 Å². The van der Waals surface area contributed by atoms with Gasteiger partial charge in [0.2, 0.25) is 0 Å². The van der Waals surface area contributed by atoms with Crippen LogP contribution < -0.4 is 0 Å². The van der Waals surface area contributed by atoms with Crippen molar-refractivity contribution in [2.75, 3.05) is 0 Å². The van der Waals surface area contributed by atoms with Crippen LogP contribution in [0.15, 0.2) is 12.3 Å². The van der Waals surface area contributed by atoms with E-state index >= 15 is 0 Å². The van der Waals surface area contributed by atoms with Crippen LogP contribution in [0.5, 0.6) is 0 Å². The van der Waals surface area contributed by atoms with Gasteiger partial charge in [0.25, 0.3) is 0 Å². The zero-order chi connectivity index (χ0) is 17.0. The second kappa shape index (κ2) is 8.21. The zero-order valence-electron chi connectivity index (χ0n) is 13.2. The van der Waals surface area contributed by atoms with Crippen molar-refractivity contribution in [2.24, 2.45) is 0 Å². The molecule has 8 atom stereocenters. The Bertz CT molecular complexity index is 422. The molecule has 4 N–H and O–H groups in total. The van der Waals surface area contributed by atoms with Crippen LogP contribution in [0.1, 0.15) is 26.7 Å². The van der Waals surface area contributed by atoms with Gasteiger partial charge < -0.3 is 0 Å². The van der Waals surface area contributed by atoms with Crippen LogP contribution in [0.3, 0.4) is 0 Å². The Morgan fingerprint density at radius 2 is 1.78 bits per heavy atom. The molecule has 0 bridgehead atoms. The Labute approximate surface area is 135 Å². The van der Waals surface area contributed by atoms with Gasteiger partial charge in [0.05, 0.1) is 0 Å². The fraction of sp³-hybridized carbons (Fsp3) is 0.857. The van der Waals surface area contributed by atoms with Crippen LogP contribution in [-0.2, 0) is 18.9 Å². The Morgan fingerprint density at radius 1 is 1.09 bits per heavy atom. The predicted octanol–water partition coefficient (Wildman–Crippen LogP) is -0.322. The van der Waals surface area contributed by atoms with E-state index in [1.807, 2.05) is 6.92 Å². The van der Waals surface area contributed by atoms with Crippen molar-refractivity contribution in [2.45, 2.75) is 75.7 Å². The zero-order valence-corrected chi connectivity index (χ0v) is 13.2. The van der Waals surface area contributed by atoms with Crippen LogP contribution in [0.4, 0.5) is 0 Å². The molecule has 130 valence electrons. The summed E-state index contributed by atoms with van der Waals surface area (Å²) in [6.45, 7) is 3.71. The Morgan fingerprint density at radius 3 is 2.39 bits per heavy atom. The van der Waals surface area contributed by atoms with Gasteiger partial charge in [-0.25, -0.2) is 0 Å². The molecule has 8 nitrogen and oxygen atoms in total. The molecular weight excluding hydrogens is 305 g/mol. The predicted molar refractivity (Wildman–Crippen MR) is 79.5 cm³/mol. The number of aliphatic hydroxyl groups excluding tert-OH is 3. The van der Waals surface area contributed by atoms with Gasteiger partial charge in [0.15, 0.2) is 0 Å². The summed E-state index contributed by atoms with van der Waals surface area (Å²) in [7, 11) is 0.814. The average molecular weight is 329 g/mol. The standard InChI is InChI=1S/C14H24BNO7/c1-3-7-10(17)11(18)12(19)14(21-7)22-13-8(4-2)20-6-5-9(13)23-15-16/h5-14,16-19H,3-4H2,1-2H3. The van der Waals surface area contributed by atoms with Gasteiger partial charge >= 0.3 is 135 Å². The quantitative estimate of drug-likeness (QED) is 0.493. The molecule has 0 aromatic rings. The Hall–Kier alpha value is -0.995. The SMILES string of the molecule is CCC1OC(OC2C(OB=N)C=COC2CC)C(O)C(O)C1O. The topological polar surface area (TPSA) is 121 Å². The molecule has 1 fully saturated rings. The fourth-order valence-electron chi connectivity index (χ4n) is 2.84. The molecule has 8 unspecified atom stereocenters. The van der Waals surface area contributed by atoms with Crippen molar-refractivity contribution in [3.8, 4) is 0 Å². The molecule has 2 aliphatic rings. The summed E-state index contributed by atoms with van der Waals surface area (Å²) in [5.41, 5.74) is 0. The summed E-state index contributed by atoms with van der Waals surface area (Å²) in [6, 6.07) is 0. The van der Waals surface area contributed by atoms with Gasteiger partial charge in [0, 0.05) is 0 Å². The number of aliphatic hydroxyl groups is 3. The van der Waals surface area contributed by atoms with Crippen molar-refractivity contribution in [1.29, 1.82) is 5.31 Å². The van der Waals surface area contributed by atoms with Gasteiger partial charge in [-0.3, -0.25) is 0 Å². The summed E-state index contributed by atoms with van der Waals surface area (Å²) in [5.74, 6) is 0. The fourth-order valence-corrected chi connectivity index (χ4v) is 2.84. The summed E-state index contributed by atoms with van der Waals surface area (Å²) in [6.07, 6.45) is -3.02. The van der Waals surface area contributed by atoms with E-state index in [0.717, 1.165) is 7.27 Å². The maximum absolute atomic E-state index is 10.1. The van der Waals surface area contributed by atoms with Crippen molar-refractivity contribution in [3.63, 3.8) is 0 Å². The third-order valence-electron chi connectivity index (χ3n) is 4.20. The normalized spacial score (nSPS) is 43.5. The van der Waals surface area contributed by atoms with E-state index in [1.54, 1.807) is 13.0 Å². The van der Waals surface area contributed by atoms with Crippen molar-refractivity contribution < 1.29 is 34.2 Å². The van der Waals surface area contributed by atoms with Crippen molar-refractivity contribution >= 4 is 7.27 Å². The number of ether oxygens (including phenoxy) is 3. The van der Waals surface area contributed by atoms with Crippen LogP contribution in [0.2, 0.25) is 0 Å². The third-order valence-corrected chi connectivity index (χ3v) is 4.20. The molecule has 0 aromatic carbocycles. The molecule has 0 aliphatic carbocycles. The Balaban J connectivity index is 2.13. The molecule has 2 heterocycles. The molecule has 2 rings (SSSR count). The molecule has 23 heavy (non-hydrogen) atoms. The first-order chi connectivity index (χ1) is 11.0. The van der Waals surface area contributed by atoms with Gasteiger partial charge in [-0.2, -0.15) is 0 Å². The maximum atomic E-state index is 10.1. The summed E-state index contributed by atoms with van der Waals surface area (Å²) in [4.78, 5) is 0. The molecule has 9 heteroatoms. The molecule has 0 aromatic heterocycles. The number of hydrogen-bond donors (Lipinski definition) is 4. The van der Waals surface area contributed by atoms with Crippen LogP contribution >= 0.6 is 0 Å². The first-order valence-corrected chi connectivity index (χ1v) is 7.85. The molecule has 1 saturated heterocycles. The molecule has 0 spiro atoms. The molecular formula is C14H24BNO7. The minimum atomic E-state index is -1.39. The number of rotatable bonds is 6. The van der Waals surface area contributed by atoms with E-state index in [1.165, 1.54) is 6.26 Å². The van der Waals surface area contributed by atoms with Gasteiger partial charge in [-0.05, 0) is 0 Å². The van der Waals surface area contributed by atoms with Crippen molar-refractivity contribution in [1.82, 2.24) is 0 Å². The van der Waals surface area contributed by atoms with E-state index in [4.69, 9.17) is 24.2 Å². The molecule has 2 aliphatic heterocycles. The average Bonchev–Trinajstić information content (AvgIpc) is 2.56. The van der Waals surface area contributed by atoms with Gasteiger partial charge in [0.1, 0.15) is 0 Å². The first kappa shape index (κ1) is 18.3. The van der Waals surface area contributed by atoms with Gasteiger partial charge in [-0.1, -0.05) is 0 Å². The van der Waals surface area contributed by atoms with E-state index in [-0.39, 0.29) is 6.10 Å². The van der Waals surface area contributed by atoms with E-state index in [0.29, 0.717) is 12.8 Å². The van der Waals surface area contributed by atoms with Crippen molar-refractivity contribution in [3.05, 3.63) is 12.3 Å². The summed E-state index contributed by atoms with van der Waals surface area (Å²) < 4.78 is 22.1. The molecule has 0 radical (unpaired) electrons. The van der Waals surface area contributed by atoms with E-state index in [2.05, 4.69) is 0 Å². The van der Waals surface area contributed by atoms with E-state index in [9.17, 15) is 15.3 Å². The Kier molecular flexibility index (Phi) is 6.55. The van der Waals surface area contributed by atoms with Gasteiger partial charge in [-0.15, -0.1) is 0 Å². The summed E-state index contributed by atoms with van der Waals surface area (Å²) in [5, 5.41) is 37.1. The molecule has 0 saturated carbocycles. The second-order valence-electron chi connectivity index (χ2n) is 5.65. The minimum absolute atomic E-state index is 0.343. The first-order valence-electron chi connectivity index (χ1n) is 7.85. The number of hydrogen-bond acceptors (Lipinski definition) is 8.